The average Bonchev–Trinajstić information content (AvgIpc) is 3.25. The van der Waals surface area contributed by atoms with Crippen LogP contribution >= 0.6 is 0 Å². The number of benzene rings is 1. The second kappa shape index (κ2) is 5.75. The van der Waals surface area contributed by atoms with E-state index < -0.39 is 0 Å². The van der Waals surface area contributed by atoms with Crippen LogP contribution in [-0.2, 0) is 10.2 Å². The van der Waals surface area contributed by atoms with Crippen molar-refractivity contribution in [2.75, 3.05) is 31.1 Å². The van der Waals surface area contributed by atoms with Crippen molar-refractivity contribution < 1.29 is 9.53 Å². The molecule has 4 heteroatoms. The van der Waals surface area contributed by atoms with Crippen LogP contribution in [0.15, 0.2) is 18.2 Å². The Hall–Kier alpha value is -1.55. The number of ether oxygens (including phenoxy) is 1. The molecule has 0 radical (unpaired) electrons. The Morgan fingerprint density at radius 1 is 1.21 bits per heavy atom. The maximum absolute atomic E-state index is 12.6. The lowest BCUT2D eigenvalue weighted by atomic mass is 9.65. The number of anilines is 1. The molecule has 2 heterocycles. The zero-order chi connectivity index (χ0) is 19.1. The summed E-state index contributed by atoms with van der Waals surface area (Å²) in [7, 11) is 0. The van der Waals surface area contributed by atoms with Crippen molar-refractivity contribution in [2.45, 2.75) is 63.8 Å². The van der Waals surface area contributed by atoms with Crippen molar-refractivity contribution in [3.63, 3.8) is 0 Å². The van der Waals surface area contributed by atoms with Gasteiger partial charge >= 0.3 is 6.09 Å². The maximum Gasteiger partial charge on any atom is 0.414 e. The Morgan fingerprint density at radius 3 is 2.75 bits per heavy atom. The third-order valence-electron chi connectivity index (χ3n) is 9.08. The number of hydrogen-bond donors (Lipinski definition) is 0. The van der Waals surface area contributed by atoms with Crippen molar-refractivity contribution in [1.82, 2.24) is 4.90 Å². The number of nitrogens with zero attached hydrogens (tertiary/aromatic N) is 2. The van der Waals surface area contributed by atoms with Crippen LogP contribution in [0.2, 0.25) is 0 Å². The summed E-state index contributed by atoms with van der Waals surface area (Å²) in [6, 6.07) is 7.43. The third-order valence-corrected chi connectivity index (χ3v) is 9.08. The van der Waals surface area contributed by atoms with Gasteiger partial charge < -0.3 is 9.64 Å². The molecule has 1 aromatic carbocycles. The highest BCUT2D eigenvalue weighted by molar-refractivity contribution is 5.91. The minimum absolute atomic E-state index is 0.115. The fourth-order valence-electron chi connectivity index (χ4n) is 7.50. The largest absolute Gasteiger partial charge is 0.449 e. The van der Waals surface area contributed by atoms with Crippen molar-refractivity contribution in [3.05, 3.63) is 29.3 Å². The molecular weight excluding hydrogens is 348 g/mol. The summed E-state index contributed by atoms with van der Waals surface area (Å²) in [5.74, 6) is 2.09. The number of likely N-dealkylation sites (tertiary alicyclic amines) is 1. The average molecular weight is 381 g/mol. The van der Waals surface area contributed by atoms with Crippen molar-refractivity contribution in [3.8, 4) is 0 Å². The summed E-state index contributed by atoms with van der Waals surface area (Å²) in [6.07, 6.45) is 8.14. The molecule has 2 spiro atoms. The van der Waals surface area contributed by atoms with Crippen molar-refractivity contribution in [2.24, 2.45) is 17.3 Å². The van der Waals surface area contributed by atoms with Gasteiger partial charge in [0, 0.05) is 18.0 Å². The molecule has 1 aromatic rings. The van der Waals surface area contributed by atoms with E-state index in [9.17, 15) is 4.79 Å². The molecule has 0 N–H and O–H groups in total. The molecule has 0 bridgehead atoms. The molecule has 3 aliphatic carbocycles. The first kappa shape index (κ1) is 17.3. The van der Waals surface area contributed by atoms with Crippen molar-refractivity contribution in [1.29, 1.82) is 0 Å². The number of carbonyl (C=O) groups is 1. The van der Waals surface area contributed by atoms with Gasteiger partial charge in [-0.2, -0.15) is 0 Å². The lowest BCUT2D eigenvalue weighted by Gasteiger charge is -2.53. The Kier molecular flexibility index (Phi) is 3.56. The first-order valence-electron chi connectivity index (χ1n) is 11.4. The standard InChI is InChI=1S/C24H32N2O2/c1-3-28-22(27)26-15-23(19-12-16(2)4-7-20(19)26)8-10-25(11-9-23)21-14-24-13-17(24)5-6-18(21)24/h4,7,12,17-18,21H,3,5-6,8-11,13-15H2,1-2H3. The number of aryl methyl sites for hydroxylation is 1. The van der Waals surface area contributed by atoms with E-state index in [0.717, 1.165) is 35.5 Å². The van der Waals surface area contributed by atoms with Crippen LogP contribution in [0, 0.1) is 24.2 Å². The van der Waals surface area contributed by atoms with E-state index in [2.05, 4.69) is 30.0 Å². The predicted molar refractivity (Wildman–Crippen MR) is 110 cm³/mol. The van der Waals surface area contributed by atoms with Gasteiger partial charge in [0.15, 0.2) is 0 Å². The highest BCUT2D eigenvalue weighted by Gasteiger charge is 2.71. The van der Waals surface area contributed by atoms with E-state index in [1.54, 1.807) is 0 Å². The van der Waals surface area contributed by atoms with E-state index in [1.165, 1.54) is 62.7 Å². The molecule has 4 unspecified atom stereocenters. The molecule has 0 aromatic heterocycles. The topological polar surface area (TPSA) is 32.8 Å². The zero-order valence-corrected chi connectivity index (χ0v) is 17.2. The van der Waals surface area contributed by atoms with Gasteiger partial charge in [0.1, 0.15) is 0 Å². The summed E-state index contributed by atoms with van der Waals surface area (Å²) < 4.78 is 5.37. The van der Waals surface area contributed by atoms with Crippen LogP contribution in [0.3, 0.4) is 0 Å². The monoisotopic (exact) mass is 380 g/mol. The van der Waals surface area contributed by atoms with E-state index >= 15 is 0 Å². The van der Waals surface area contributed by atoms with Gasteiger partial charge in [-0.15, -0.1) is 0 Å². The predicted octanol–water partition coefficient (Wildman–Crippen LogP) is 4.49. The Labute approximate surface area is 168 Å². The SMILES string of the molecule is CCOC(=O)N1CC2(CCN(C3CC45CC4CCC35)CC2)c2cc(C)ccc21. The Bertz CT molecular complexity index is 826. The third kappa shape index (κ3) is 2.18. The fraction of sp³-hybridized carbons (Fsp3) is 0.708. The van der Waals surface area contributed by atoms with Gasteiger partial charge in [-0.1, -0.05) is 17.7 Å². The summed E-state index contributed by atoms with van der Waals surface area (Å²) in [4.78, 5) is 17.3. The number of piperidine rings is 1. The molecule has 6 rings (SSSR count). The maximum atomic E-state index is 12.6. The first-order chi connectivity index (χ1) is 13.6. The molecule has 4 atom stereocenters. The van der Waals surface area contributed by atoms with Crippen LogP contribution in [0.1, 0.15) is 56.6 Å². The molecule has 5 aliphatic rings. The molecule has 3 saturated carbocycles. The first-order valence-corrected chi connectivity index (χ1v) is 11.4. The molecule has 28 heavy (non-hydrogen) atoms. The van der Waals surface area contributed by atoms with E-state index in [0.29, 0.717) is 6.61 Å². The smallest absolute Gasteiger partial charge is 0.414 e. The van der Waals surface area contributed by atoms with Crippen LogP contribution in [-0.4, -0.2) is 43.3 Å². The summed E-state index contributed by atoms with van der Waals surface area (Å²) >= 11 is 0. The summed E-state index contributed by atoms with van der Waals surface area (Å²) in [5, 5.41) is 0. The van der Waals surface area contributed by atoms with E-state index in [-0.39, 0.29) is 11.5 Å². The van der Waals surface area contributed by atoms with Gasteiger partial charge in [0.2, 0.25) is 0 Å². The Morgan fingerprint density at radius 2 is 2.04 bits per heavy atom. The lowest BCUT2D eigenvalue weighted by Crippen LogP contribution is -2.57. The van der Waals surface area contributed by atoms with Crippen LogP contribution < -0.4 is 4.90 Å². The lowest BCUT2D eigenvalue weighted by molar-refractivity contribution is -0.0241. The normalized spacial score (nSPS) is 37.2. The van der Waals surface area contributed by atoms with E-state index in [1.807, 2.05) is 11.8 Å². The van der Waals surface area contributed by atoms with Gasteiger partial charge in [-0.25, -0.2) is 4.79 Å². The molecule has 4 fully saturated rings. The van der Waals surface area contributed by atoms with Gasteiger partial charge in [-0.05, 0) is 94.3 Å². The summed E-state index contributed by atoms with van der Waals surface area (Å²) in [6.45, 7) is 7.65. The quantitative estimate of drug-likeness (QED) is 0.758. The second-order valence-electron chi connectivity index (χ2n) is 10.2. The minimum atomic E-state index is -0.182. The number of amides is 1. The fourth-order valence-corrected chi connectivity index (χ4v) is 7.50. The second-order valence-corrected chi connectivity index (χ2v) is 10.2. The number of carbonyl (C=O) groups excluding carboxylic acids is 1. The van der Waals surface area contributed by atoms with Crippen LogP contribution in [0.4, 0.5) is 10.5 Å². The minimum Gasteiger partial charge on any atom is -0.449 e. The number of hydrogen-bond acceptors (Lipinski definition) is 3. The zero-order valence-electron chi connectivity index (χ0n) is 17.2. The number of fused-ring (bicyclic) bond motifs is 2. The highest BCUT2D eigenvalue weighted by Crippen LogP contribution is 2.76. The van der Waals surface area contributed by atoms with E-state index in [4.69, 9.17) is 4.74 Å². The van der Waals surface area contributed by atoms with Crippen molar-refractivity contribution >= 4 is 11.8 Å². The molecule has 1 saturated heterocycles. The van der Waals surface area contributed by atoms with Crippen LogP contribution in [0.5, 0.6) is 0 Å². The van der Waals surface area contributed by atoms with Gasteiger partial charge in [-0.3, -0.25) is 4.90 Å². The van der Waals surface area contributed by atoms with Gasteiger partial charge in [0.05, 0.1) is 12.3 Å². The van der Waals surface area contributed by atoms with Crippen LogP contribution in [0.25, 0.3) is 0 Å². The Balaban J connectivity index is 1.22. The van der Waals surface area contributed by atoms with Gasteiger partial charge in [0.25, 0.3) is 0 Å². The molecule has 2 aliphatic heterocycles. The molecule has 1 amide bonds. The molecular formula is C24H32N2O2. The molecule has 4 nitrogen and oxygen atoms in total. The number of rotatable bonds is 2. The molecule has 150 valence electrons. The highest BCUT2D eigenvalue weighted by atomic mass is 16.6. The summed E-state index contributed by atoms with van der Waals surface area (Å²) in [5.41, 5.74) is 4.67.